The fraction of sp³-hybridized carbons (Fsp3) is 0.333. The molecule has 0 spiro atoms. The zero-order valence-corrected chi connectivity index (χ0v) is 25.7. The molecule has 1 aliphatic rings. The van der Waals surface area contributed by atoms with Crippen LogP contribution in [0, 0.1) is 0 Å². The maximum atomic E-state index is 14.1. The SMILES string of the molecule is C[C@H](C(=O)NC1CCCCC1)N(Cc1c(Cl)cccc1Cl)C(=O)CN(c1cccc(Cl)c1)S(=O)(=O)c1ccccc1. The van der Waals surface area contributed by atoms with Gasteiger partial charge in [-0.05, 0) is 62.2 Å². The van der Waals surface area contributed by atoms with Gasteiger partial charge in [0, 0.05) is 33.2 Å². The first-order chi connectivity index (χ1) is 19.6. The molecule has 0 heterocycles. The molecule has 1 atom stereocenters. The maximum absolute atomic E-state index is 14.1. The van der Waals surface area contributed by atoms with Gasteiger partial charge in [-0.1, -0.05) is 84.4 Å². The number of hydrogen-bond acceptors (Lipinski definition) is 4. The normalized spacial score (nSPS) is 14.7. The molecule has 2 amide bonds. The van der Waals surface area contributed by atoms with Crippen molar-refractivity contribution in [3.8, 4) is 0 Å². The topological polar surface area (TPSA) is 86.8 Å². The molecule has 0 saturated heterocycles. The molecule has 0 unspecified atom stereocenters. The van der Waals surface area contributed by atoms with Crippen LogP contribution >= 0.6 is 34.8 Å². The van der Waals surface area contributed by atoms with Gasteiger partial charge in [0.1, 0.15) is 12.6 Å². The molecule has 41 heavy (non-hydrogen) atoms. The molecule has 3 aromatic carbocycles. The summed E-state index contributed by atoms with van der Waals surface area (Å²) in [4.78, 5) is 28.8. The van der Waals surface area contributed by atoms with Crippen LogP contribution in [0.5, 0.6) is 0 Å². The third kappa shape index (κ3) is 7.74. The highest BCUT2D eigenvalue weighted by atomic mass is 35.5. The van der Waals surface area contributed by atoms with Crippen LogP contribution in [0.15, 0.2) is 77.7 Å². The van der Waals surface area contributed by atoms with E-state index in [0.717, 1.165) is 36.4 Å². The Kier molecular flexibility index (Phi) is 10.6. The van der Waals surface area contributed by atoms with Gasteiger partial charge in [0.2, 0.25) is 11.8 Å². The largest absolute Gasteiger partial charge is 0.352 e. The Labute approximate surface area is 256 Å². The molecule has 4 rings (SSSR count). The van der Waals surface area contributed by atoms with Gasteiger partial charge in [-0.25, -0.2) is 8.42 Å². The van der Waals surface area contributed by atoms with Crippen molar-refractivity contribution < 1.29 is 18.0 Å². The third-order valence-corrected chi connectivity index (χ3v) is 9.95. The van der Waals surface area contributed by atoms with Gasteiger partial charge >= 0.3 is 0 Å². The number of carbonyl (C=O) groups is 2. The molecule has 1 fully saturated rings. The molecule has 1 aliphatic carbocycles. The van der Waals surface area contributed by atoms with E-state index in [2.05, 4.69) is 5.32 Å². The van der Waals surface area contributed by atoms with Crippen molar-refractivity contribution in [1.29, 1.82) is 0 Å². The Bertz CT molecular complexity index is 1460. The molecule has 1 saturated carbocycles. The van der Waals surface area contributed by atoms with E-state index in [9.17, 15) is 18.0 Å². The van der Waals surface area contributed by atoms with Crippen molar-refractivity contribution in [3.63, 3.8) is 0 Å². The van der Waals surface area contributed by atoms with Crippen molar-refractivity contribution in [1.82, 2.24) is 10.2 Å². The highest BCUT2D eigenvalue weighted by Crippen LogP contribution is 2.29. The van der Waals surface area contributed by atoms with Crippen LogP contribution < -0.4 is 9.62 Å². The summed E-state index contributed by atoms with van der Waals surface area (Å²) < 4.78 is 28.7. The van der Waals surface area contributed by atoms with E-state index in [1.54, 1.807) is 61.5 Å². The summed E-state index contributed by atoms with van der Waals surface area (Å²) in [6, 6.07) is 18.2. The number of sulfonamides is 1. The minimum atomic E-state index is -4.18. The summed E-state index contributed by atoms with van der Waals surface area (Å²) in [6.45, 7) is 0.947. The Morgan fingerprint density at radius 2 is 1.54 bits per heavy atom. The Hall–Kier alpha value is -2.78. The molecule has 1 N–H and O–H groups in total. The summed E-state index contributed by atoms with van der Waals surface area (Å²) >= 11 is 19.1. The molecular formula is C30H32Cl3N3O4S. The lowest BCUT2D eigenvalue weighted by Gasteiger charge is -2.33. The quantitative estimate of drug-likeness (QED) is 0.268. The number of carbonyl (C=O) groups excluding carboxylic acids is 2. The van der Waals surface area contributed by atoms with E-state index in [0.29, 0.717) is 20.6 Å². The number of hydrogen-bond donors (Lipinski definition) is 1. The van der Waals surface area contributed by atoms with Crippen LogP contribution in [-0.2, 0) is 26.2 Å². The second kappa shape index (κ2) is 13.9. The fourth-order valence-corrected chi connectivity index (χ4v) is 7.01. The lowest BCUT2D eigenvalue weighted by atomic mass is 9.95. The molecule has 11 heteroatoms. The second-order valence-corrected chi connectivity index (χ2v) is 13.2. The molecule has 0 bridgehead atoms. The average molecular weight is 637 g/mol. The average Bonchev–Trinajstić information content (AvgIpc) is 2.96. The molecule has 0 aromatic heterocycles. The predicted octanol–water partition coefficient (Wildman–Crippen LogP) is 6.71. The molecule has 0 aliphatic heterocycles. The van der Waals surface area contributed by atoms with E-state index >= 15 is 0 Å². The van der Waals surface area contributed by atoms with Crippen molar-refractivity contribution in [2.75, 3.05) is 10.8 Å². The zero-order chi connectivity index (χ0) is 29.6. The highest BCUT2D eigenvalue weighted by molar-refractivity contribution is 7.92. The first-order valence-electron chi connectivity index (χ1n) is 13.4. The summed E-state index contributed by atoms with van der Waals surface area (Å²) in [5.41, 5.74) is 0.673. The molecule has 3 aromatic rings. The van der Waals surface area contributed by atoms with E-state index in [1.165, 1.54) is 23.1 Å². The van der Waals surface area contributed by atoms with E-state index < -0.39 is 28.5 Å². The number of anilines is 1. The number of rotatable bonds is 10. The molecular weight excluding hydrogens is 605 g/mol. The summed E-state index contributed by atoms with van der Waals surface area (Å²) in [6.07, 6.45) is 4.94. The predicted molar refractivity (Wildman–Crippen MR) is 164 cm³/mol. The van der Waals surface area contributed by atoms with Gasteiger partial charge in [0.25, 0.3) is 10.0 Å². The van der Waals surface area contributed by atoms with Crippen LogP contribution in [0.3, 0.4) is 0 Å². The molecule has 0 radical (unpaired) electrons. The van der Waals surface area contributed by atoms with Crippen LogP contribution in [0.25, 0.3) is 0 Å². The van der Waals surface area contributed by atoms with Crippen LogP contribution in [0.2, 0.25) is 15.1 Å². The summed E-state index contributed by atoms with van der Waals surface area (Å²) in [7, 11) is -4.18. The standard InChI is InChI=1S/C30H32Cl3N3O4S/c1-21(30(38)34-23-11-4-2-5-12-23)35(19-26-27(32)16-9-17-28(26)33)29(37)20-36(24-13-8-10-22(31)18-24)41(39,40)25-14-6-3-7-15-25/h3,6-10,13-18,21,23H,2,4-5,11-12,19-20H2,1H3,(H,34,38)/t21-/m1/s1. The molecule has 7 nitrogen and oxygen atoms in total. The number of amides is 2. The van der Waals surface area contributed by atoms with Gasteiger partial charge in [0.05, 0.1) is 10.6 Å². The number of nitrogens with zero attached hydrogens (tertiary/aromatic N) is 2. The van der Waals surface area contributed by atoms with Gasteiger partial charge in [0.15, 0.2) is 0 Å². The maximum Gasteiger partial charge on any atom is 0.264 e. The van der Waals surface area contributed by atoms with Crippen LogP contribution in [-0.4, -0.2) is 43.8 Å². The number of halogens is 3. The second-order valence-electron chi connectivity index (χ2n) is 10.0. The van der Waals surface area contributed by atoms with Gasteiger partial charge in [-0.2, -0.15) is 0 Å². The van der Waals surface area contributed by atoms with Gasteiger partial charge in [-0.15, -0.1) is 0 Å². The first kappa shape index (κ1) is 31.2. The van der Waals surface area contributed by atoms with E-state index in [-0.39, 0.29) is 29.1 Å². The van der Waals surface area contributed by atoms with Crippen molar-refractivity contribution in [3.05, 3.63) is 93.4 Å². The Morgan fingerprint density at radius 1 is 0.902 bits per heavy atom. The van der Waals surface area contributed by atoms with Gasteiger partial charge in [-0.3, -0.25) is 13.9 Å². The third-order valence-electron chi connectivity index (χ3n) is 7.22. The van der Waals surface area contributed by atoms with Crippen molar-refractivity contribution in [2.24, 2.45) is 0 Å². The van der Waals surface area contributed by atoms with Gasteiger partial charge < -0.3 is 10.2 Å². The number of nitrogens with one attached hydrogen (secondary N) is 1. The lowest BCUT2D eigenvalue weighted by molar-refractivity contribution is -0.139. The van der Waals surface area contributed by atoms with Crippen LogP contribution in [0.1, 0.15) is 44.6 Å². The zero-order valence-electron chi connectivity index (χ0n) is 22.6. The van der Waals surface area contributed by atoms with Crippen molar-refractivity contribution >= 4 is 62.3 Å². The Balaban J connectivity index is 1.70. The minimum absolute atomic E-state index is 0.0107. The van der Waals surface area contributed by atoms with Crippen molar-refractivity contribution in [2.45, 2.75) is 62.6 Å². The first-order valence-corrected chi connectivity index (χ1v) is 16.0. The van der Waals surface area contributed by atoms with E-state index in [1.807, 2.05) is 0 Å². The number of benzene rings is 3. The van der Waals surface area contributed by atoms with Crippen LogP contribution in [0.4, 0.5) is 5.69 Å². The molecule has 218 valence electrons. The monoisotopic (exact) mass is 635 g/mol. The minimum Gasteiger partial charge on any atom is -0.352 e. The smallest absolute Gasteiger partial charge is 0.264 e. The highest BCUT2D eigenvalue weighted by Gasteiger charge is 2.33. The fourth-order valence-electron chi connectivity index (χ4n) is 4.88. The summed E-state index contributed by atoms with van der Waals surface area (Å²) in [5, 5.41) is 4.04. The lowest BCUT2D eigenvalue weighted by Crippen LogP contribution is -2.53. The van der Waals surface area contributed by atoms with E-state index in [4.69, 9.17) is 34.8 Å². The Morgan fingerprint density at radius 3 is 2.17 bits per heavy atom. The summed E-state index contributed by atoms with van der Waals surface area (Å²) in [5.74, 6) is -0.930.